The maximum Gasteiger partial charge on any atom is 0.121 e. The Bertz CT molecular complexity index is 297. The van der Waals surface area contributed by atoms with Crippen LogP contribution in [0.1, 0.15) is 45.4 Å². The van der Waals surface area contributed by atoms with Crippen LogP contribution in [-0.2, 0) is 0 Å². The van der Waals surface area contributed by atoms with Crippen LogP contribution < -0.4 is 0 Å². The fourth-order valence-electron chi connectivity index (χ4n) is 2.70. The molecule has 0 N–H and O–H groups in total. The van der Waals surface area contributed by atoms with Gasteiger partial charge in [-0.15, -0.1) is 0 Å². The van der Waals surface area contributed by atoms with Crippen LogP contribution in [0.3, 0.4) is 0 Å². The largest absolute Gasteiger partial charge is 0.468 e. The van der Waals surface area contributed by atoms with E-state index in [1.54, 1.807) is 6.26 Å². The minimum absolute atomic E-state index is 0.461. The summed E-state index contributed by atoms with van der Waals surface area (Å²) in [6, 6.07) is 4.57. The third-order valence-corrected chi connectivity index (χ3v) is 3.68. The van der Waals surface area contributed by atoms with Crippen molar-refractivity contribution in [3.8, 4) is 0 Å². The van der Waals surface area contributed by atoms with Gasteiger partial charge in [-0.2, -0.15) is 0 Å². The van der Waals surface area contributed by atoms with Crippen molar-refractivity contribution in [3.63, 3.8) is 0 Å². The molecule has 0 aliphatic carbocycles. The lowest BCUT2D eigenvalue weighted by Gasteiger charge is -2.37. The van der Waals surface area contributed by atoms with Crippen LogP contribution in [-0.4, -0.2) is 18.0 Å². The van der Waals surface area contributed by atoms with Crippen LogP contribution in [0.15, 0.2) is 22.8 Å². The topological polar surface area (TPSA) is 16.4 Å². The molecule has 1 aromatic heterocycles. The highest BCUT2D eigenvalue weighted by atomic mass is 16.3. The normalized spacial score (nSPS) is 21.5. The Morgan fingerprint density at radius 3 is 2.50 bits per heavy atom. The van der Waals surface area contributed by atoms with Crippen LogP contribution in [0.25, 0.3) is 0 Å². The molecule has 1 atom stereocenters. The smallest absolute Gasteiger partial charge is 0.121 e. The summed E-state index contributed by atoms with van der Waals surface area (Å²) in [6.07, 6.45) is 4.44. The summed E-state index contributed by atoms with van der Waals surface area (Å²) in [5, 5.41) is 0. The second-order valence-corrected chi connectivity index (χ2v) is 5.42. The molecule has 0 bridgehead atoms. The molecule has 2 heteroatoms. The molecule has 2 nitrogen and oxygen atoms in total. The quantitative estimate of drug-likeness (QED) is 0.773. The van der Waals surface area contributed by atoms with Gasteiger partial charge < -0.3 is 4.42 Å². The van der Waals surface area contributed by atoms with Crippen molar-refractivity contribution in [2.24, 2.45) is 11.8 Å². The van der Waals surface area contributed by atoms with Crippen molar-refractivity contribution in [2.45, 2.75) is 39.7 Å². The van der Waals surface area contributed by atoms with E-state index in [1.165, 1.54) is 25.9 Å². The number of hydrogen-bond acceptors (Lipinski definition) is 2. The van der Waals surface area contributed by atoms with E-state index in [0.29, 0.717) is 12.0 Å². The summed E-state index contributed by atoms with van der Waals surface area (Å²) in [4.78, 5) is 2.59. The number of rotatable bonds is 3. The van der Waals surface area contributed by atoms with E-state index in [2.05, 4.69) is 31.7 Å². The van der Waals surface area contributed by atoms with Gasteiger partial charge >= 0.3 is 0 Å². The molecule has 90 valence electrons. The summed E-state index contributed by atoms with van der Waals surface area (Å²) >= 11 is 0. The van der Waals surface area contributed by atoms with Crippen molar-refractivity contribution in [1.29, 1.82) is 0 Å². The van der Waals surface area contributed by atoms with Gasteiger partial charge in [0.1, 0.15) is 5.76 Å². The lowest BCUT2D eigenvalue weighted by molar-refractivity contribution is 0.0933. The summed E-state index contributed by atoms with van der Waals surface area (Å²) in [6.45, 7) is 9.35. The third-order valence-electron chi connectivity index (χ3n) is 3.68. The lowest BCUT2D eigenvalue weighted by Crippen LogP contribution is -2.38. The van der Waals surface area contributed by atoms with Gasteiger partial charge in [0.15, 0.2) is 0 Å². The van der Waals surface area contributed by atoms with Crippen LogP contribution >= 0.6 is 0 Å². The predicted molar refractivity (Wildman–Crippen MR) is 66.3 cm³/mol. The Morgan fingerprint density at radius 1 is 1.31 bits per heavy atom. The Labute approximate surface area is 98.6 Å². The number of likely N-dealkylation sites (tertiary alicyclic amines) is 1. The second kappa shape index (κ2) is 5.05. The van der Waals surface area contributed by atoms with E-state index in [0.717, 1.165) is 11.7 Å². The second-order valence-electron chi connectivity index (χ2n) is 5.42. The molecule has 0 spiro atoms. The standard InChI is InChI=1S/C14H23NO/c1-11(2)14(13-5-4-10-16-13)15-8-6-12(3)7-9-15/h4-5,10-12,14H,6-9H2,1-3H3. The summed E-state index contributed by atoms with van der Waals surface area (Å²) in [5.74, 6) is 2.63. The predicted octanol–water partition coefficient (Wildman–Crippen LogP) is 3.71. The highest BCUT2D eigenvalue weighted by Gasteiger charge is 2.28. The Hall–Kier alpha value is -0.760. The summed E-state index contributed by atoms with van der Waals surface area (Å²) < 4.78 is 5.60. The first-order valence-electron chi connectivity index (χ1n) is 6.46. The van der Waals surface area contributed by atoms with E-state index < -0.39 is 0 Å². The molecule has 1 unspecified atom stereocenters. The van der Waals surface area contributed by atoms with E-state index in [9.17, 15) is 0 Å². The van der Waals surface area contributed by atoms with Crippen molar-refractivity contribution in [2.75, 3.05) is 13.1 Å². The summed E-state index contributed by atoms with van der Waals surface area (Å²) in [7, 11) is 0. The maximum atomic E-state index is 5.60. The Morgan fingerprint density at radius 2 is 2.00 bits per heavy atom. The zero-order valence-corrected chi connectivity index (χ0v) is 10.6. The fraction of sp³-hybridized carbons (Fsp3) is 0.714. The van der Waals surface area contributed by atoms with E-state index in [4.69, 9.17) is 4.42 Å². The van der Waals surface area contributed by atoms with Gasteiger partial charge in [-0.1, -0.05) is 20.8 Å². The molecule has 1 fully saturated rings. The zero-order chi connectivity index (χ0) is 11.5. The Kier molecular flexibility index (Phi) is 3.70. The number of hydrogen-bond donors (Lipinski definition) is 0. The van der Waals surface area contributed by atoms with E-state index in [1.807, 2.05) is 6.07 Å². The minimum Gasteiger partial charge on any atom is -0.468 e. The molecule has 0 radical (unpaired) electrons. The highest BCUT2D eigenvalue weighted by Crippen LogP contribution is 2.32. The molecule has 1 aliphatic rings. The van der Waals surface area contributed by atoms with Crippen molar-refractivity contribution >= 4 is 0 Å². The van der Waals surface area contributed by atoms with Crippen LogP contribution in [0, 0.1) is 11.8 Å². The van der Waals surface area contributed by atoms with Gasteiger partial charge in [-0.05, 0) is 49.9 Å². The first-order chi connectivity index (χ1) is 7.68. The zero-order valence-electron chi connectivity index (χ0n) is 10.6. The first-order valence-corrected chi connectivity index (χ1v) is 6.46. The van der Waals surface area contributed by atoms with Gasteiger partial charge in [0.2, 0.25) is 0 Å². The SMILES string of the molecule is CC1CCN(C(c2ccco2)C(C)C)CC1. The molecular weight excluding hydrogens is 198 g/mol. The van der Waals surface area contributed by atoms with Crippen molar-refractivity contribution in [3.05, 3.63) is 24.2 Å². The van der Waals surface area contributed by atoms with Crippen molar-refractivity contribution in [1.82, 2.24) is 4.90 Å². The number of furan rings is 1. The molecule has 1 saturated heterocycles. The third kappa shape index (κ3) is 2.49. The van der Waals surface area contributed by atoms with Crippen LogP contribution in [0.4, 0.5) is 0 Å². The molecule has 1 aliphatic heterocycles. The minimum atomic E-state index is 0.461. The molecular formula is C14H23NO. The summed E-state index contributed by atoms with van der Waals surface area (Å²) in [5.41, 5.74) is 0. The van der Waals surface area contributed by atoms with E-state index in [-0.39, 0.29) is 0 Å². The molecule has 2 rings (SSSR count). The van der Waals surface area contributed by atoms with Gasteiger partial charge in [-0.3, -0.25) is 4.90 Å². The Balaban J connectivity index is 2.08. The first kappa shape index (κ1) is 11.7. The molecule has 0 saturated carbocycles. The van der Waals surface area contributed by atoms with Gasteiger partial charge in [0, 0.05) is 0 Å². The molecule has 16 heavy (non-hydrogen) atoms. The number of piperidine rings is 1. The molecule has 0 aromatic carbocycles. The fourth-order valence-corrected chi connectivity index (χ4v) is 2.70. The van der Waals surface area contributed by atoms with Crippen molar-refractivity contribution < 1.29 is 4.42 Å². The number of nitrogens with zero attached hydrogens (tertiary/aromatic N) is 1. The van der Waals surface area contributed by atoms with Crippen LogP contribution in [0.5, 0.6) is 0 Å². The highest BCUT2D eigenvalue weighted by molar-refractivity contribution is 5.06. The molecule has 0 amide bonds. The maximum absolute atomic E-state index is 5.60. The average molecular weight is 221 g/mol. The van der Waals surface area contributed by atoms with Gasteiger partial charge in [0.05, 0.1) is 12.3 Å². The molecule has 1 aromatic rings. The lowest BCUT2D eigenvalue weighted by atomic mass is 9.93. The van der Waals surface area contributed by atoms with Gasteiger partial charge in [0.25, 0.3) is 0 Å². The molecule has 2 heterocycles. The monoisotopic (exact) mass is 221 g/mol. The van der Waals surface area contributed by atoms with Crippen LogP contribution in [0.2, 0.25) is 0 Å². The van der Waals surface area contributed by atoms with Gasteiger partial charge in [-0.25, -0.2) is 0 Å². The average Bonchev–Trinajstić information content (AvgIpc) is 2.74. The van der Waals surface area contributed by atoms with E-state index >= 15 is 0 Å².